The highest BCUT2D eigenvalue weighted by Gasteiger charge is 2.28. The van der Waals surface area contributed by atoms with Crippen LogP contribution in [0.3, 0.4) is 0 Å². The Bertz CT molecular complexity index is 381. The van der Waals surface area contributed by atoms with Crippen molar-refractivity contribution in [1.29, 1.82) is 0 Å². The van der Waals surface area contributed by atoms with Crippen molar-refractivity contribution in [2.45, 2.75) is 58.9 Å². The number of hydrogen-bond acceptors (Lipinski definition) is 2. The minimum absolute atomic E-state index is 0.447. The molecule has 1 aromatic rings. The van der Waals surface area contributed by atoms with Gasteiger partial charge in [-0.05, 0) is 50.3 Å². The molecule has 1 N–H and O–H groups in total. The highest BCUT2D eigenvalue weighted by molar-refractivity contribution is 5.14. The fourth-order valence-electron chi connectivity index (χ4n) is 3.40. The van der Waals surface area contributed by atoms with E-state index in [4.69, 9.17) is 4.98 Å². The fraction of sp³-hybridized carbons (Fsp3) is 0.706. The second-order valence-corrected chi connectivity index (χ2v) is 5.93. The van der Waals surface area contributed by atoms with E-state index >= 15 is 0 Å². The molecular formula is C17H28N2. The number of aryl methyl sites for hydroxylation is 1. The van der Waals surface area contributed by atoms with E-state index in [0.29, 0.717) is 6.04 Å². The highest BCUT2D eigenvalue weighted by Crippen LogP contribution is 2.37. The Morgan fingerprint density at radius 1 is 1.21 bits per heavy atom. The van der Waals surface area contributed by atoms with E-state index < -0.39 is 0 Å². The van der Waals surface area contributed by atoms with Gasteiger partial charge in [-0.15, -0.1) is 0 Å². The first kappa shape index (κ1) is 14.5. The van der Waals surface area contributed by atoms with Crippen molar-refractivity contribution in [3.63, 3.8) is 0 Å². The molecule has 1 aromatic heterocycles. The zero-order valence-corrected chi connectivity index (χ0v) is 12.7. The molecule has 1 fully saturated rings. The van der Waals surface area contributed by atoms with Gasteiger partial charge in [0.1, 0.15) is 0 Å². The van der Waals surface area contributed by atoms with Crippen LogP contribution in [-0.4, -0.2) is 11.5 Å². The van der Waals surface area contributed by atoms with E-state index in [0.717, 1.165) is 24.1 Å². The van der Waals surface area contributed by atoms with Crippen molar-refractivity contribution in [3.8, 4) is 0 Å². The van der Waals surface area contributed by atoms with Crippen molar-refractivity contribution in [3.05, 3.63) is 29.6 Å². The number of nitrogens with zero attached hydrogens (tertiary/aromatic N) is 1. The van der Waals surface area contributed by atoms with Gasteiger partial charge < -0.3 is 5.32 Å². The smallest absolute Gasteiger partial charge is 0.0579 e. The maximum absolute atomic E-state index is 4.74. The number of aromatic nitrogens is 1. The fourth-order valence-corrected chi connectivity index (χ4v) is 3.40. The third kappa shape index (κ3) is 3.79. The Labute approximate surface area is 118 Å². The van der Waals surface area contributed by atoms with Gasteiger partial charge in [-0.1, -0.05) is 39.2 Å². The van der Waals surface area contributed by atoms with E-state index in [-0.39, 0.29) is 0 Å². The summed E-state index contributed by atoms with van der Waals surface area (Å²) >= 11 is 0. The lowest BCUT2D eigenvalue weighted by Crippen LogP contribution is -2.31. The molecule has 0 saturated heterocycles. The number of nitrogens with one attached hydrogen (secondary N) is 1. The summed E-state index contributed by atoms with van der Waals surface area (Å²) in [6.07, 6.45) is 6.85. The summed E-state index contributed by atoms with van der Waals surface area (Å²) in [5.74, 6) is 1.72. The van der Waals surface area contributed by atoms with Gasteiger partial charge in [-0.25, -0.2) is 0 Å². The minimum Gasteiger partial charge on any atom is -0.309 e. The van der Waals surface area contributed by atoms with Gasteiger partial charge in [-0.3, -0.25) is 4.98 Å². The average Bonchev–Trinajstić information content (AvgIpc) is 2.45. The van der Waals surface area contributed by atoms with Crippen LogP contribution >= 0.6 is 0 Å². The quantitative estimate of drug-likeness (QED) is 0.855. The van der Waals surface area contributed by atoms with Crippen molar-refractivity contribution >= 4 is 0 Å². The summed E-state index contributed by atoms with van der Waals surface area (Å²) in [6.45, 7) is 7.63. The van der Waals surface area contributed by atoms with E-state index in [1.54, 1.807) is 0 Å². The third-order valence-electron chi connectivity index (χ3n) is 4.59. The van der Waals surface area contributed by atoms with E-state index in [2.05, 4.69) is 44.3 Å². The molecule has 1 aliphatic rings. The van der Waals surface area contributed by atoms with Gasteiger partial charge in [-0.2, -0.15) is 0 Å². The second-order valence-electron chi connectivity index (χ2n) is 5.93. The molecule has 0 radical (unpaired) electrons. The summed E-state index contributed by atoms with van der Waals surface area (Å²) in [5, 5.41) is 3.67. The maximum atomic E-state index is 4.74. The third-order valence-corrected chi connectivity index (χ3v) is 4.59. The van der Waals surface area contributed by atoms with Gasteiger partial charge in [0.25, 0.3) is 0 Å². The summed E-state index contributed by atoms with van der Waals surface area (Å²) in [5.41, 5.74) is 2.37. The van der Waals surface area contributed by atoms with E-state index in [9.17, 15) is 0 Å². The van der Waals surface area contributed by atoms with Crippen LogP contribution in [0.15, 0.2) is 18.2 Å². The first-order valence-corrected chi connectivity index (χ1v) is 7.91. The summed E-state index contributed by atoms with van der Waals surface area (Å²) < 4.78 is 0. The van der Waals surface area contributed by atoms with Crippen LogP contribution in [-0.2, 0) is 0 Å². The van der Waals surface area contributed by atoms with Gasteiger partial charge in [0.2, 0.25) is 0 Å². The number of rotatable bonds is 5. The molecule has 1 atom stereocenters. The molecular weight excluding hydrogens is 232 g/mol. The number of pyridine rings is 1. The van der Waals surface area contributed by atoms with Crippen molar-refractivity contribution in [2.75, 3.05) is 6.54 Å². The summed E-state index contributed by atoms with van der Waals surface area (Å²) in [7, 11) is 0. The normalized spacial score (nSPS) is 25.2. The molecule has 1 unspecified atom stereocenters. The van der Waals surface area contributed by atoms with Crippen molar-refractivity contribution < 1.29 is 0 Å². The first-order valence-electron chi connectivity index (χ1n) is 7.91. The zero-order valence-electron chi connectivity index (χ0n) is 12.7. The average molecular weight is 260 g/mol. The van der Waals surface area contributed by atoms with Crippen LogP contribution < -0.4 is 5.32 Å². The van der Waals surface area contributed by atoms with Crippen molar-refractivity contribution in [1.82, 2.24) is 10.3 Å². The molecule has 2 nitrogen and oxygen atoms in total. The molecule has 0 aliphatic heterocycles. The second kappa shape index (κ2) is 7.04. The molecule has 2 heteroatoms. The van der Waals surface area contributed by atoms with Crippen LogP contribution in [0.2, 0.25) is 0 Å². The van der Waals surface area contributed by atoms with Crippen LogP contribution in [0.1, 0.15) is 63.4 Å². The lowest BCUT2D eigenvalue weighted by atomic mass is 9.76. The molecule has 106 valence electrons. The molecule has 0 aromatic carbocycles. The Kier molecular flexibility index (Phi) is 5.38. The molecule has 1 saturated carbocycles. The van der Waals surface area contributed by atoms with Crippen molar-refractivity contribution in [2.24, 2.45) is 11.8 Å². The Hall–Kier alpha value is -0.890. The standard InChI is InChI=1S/C17H28N2/c1-4-14-9-11-15(12-10-14)17(18-5-2)16-8-6-7-13(3)19-16/h6-8,14-15,17-18H,4-5,9-12H2,1-3H3. The summed E-state index contributed by atoms with van der Waals surface area (Å²) in [4.78, 5) is 4.74. The molecule has 0 spiro atoms. The molecule has 2 rings (SSSR count). The van der Waals surface area contributed by atoms with Gasteiger partial charge in [0.05, 0.1) is 11.7 Å². The summed E-state index contributed by atoms with van der Waals surface area (Å²) in [6, 6.07) is 6.86. The number of hydrogen-bond donors (Lipinski definition) is 1. The van der Waals surface area contributed by atoms with Crippen LogP contribution in [0, 0.1) is 18.8 Å². The van der Waals surface area contributed by atoms with E-state index in [1.165, 1.54) is 37.8 Å². The largest absolute Gasteiger partial charge is 0.309 e. The minimum atomic E-state index is 0.447. The molecule has 0 bridgehead atoms. The molecule has 1 heterocycles. The molecule has 1 aliphatic carbocycles. The van der Waals surface area contributed by atoms with Gasteiger partial charge in [0.15, 0.2) is 0 Å². The molecule has 0 amide bonds. The Morgan fingerprint density at radius 2 is 1.95 bits per heavy atom. The Morgan fingerprint density at radius 3 is 2.53 bits per heavy atom. The Balaban J connectivity index is 2.08. The van der Waals surface area contributed by atoms with E-state index in [1.807, 2.05) is 0 Å². The SMILES string of the molecule is CCNC(c1cccc(C)n1)C1CCC(CC)CC1. The van der Waals surface area contributed by atoms with Gasteiger partial charge >= 0.3 is 0 Å². The van der Waals surface area contributed by atoms with Gasteiger partial charge in [0, 0.05) is 5.69 Å². The zero-order chi connectivity index (χ0) is 13.7. The predicted molar refractivity (Wildman–Crippen MR) is 81.1 cm³/mol. The first-order chi connectivity index (χ1) is 9.24. The molecule has 19 heavy (non-hydrogen) atoms. The highest BCUT2D eigenvalue weighted by atomic mass is 14.9. The van der Waals surface area contributed by atoms with Crippen LogP contribution in [0.5, 0.6) is 0 Å². The predicted octanol–water partition coefficient (Wildman–Crippen LogP) is 4.26. The monoisotopic (exact) mass is 260 g/mol. The van der Waals surface area contributed by atoms with Crippen LogP contribution in [0.4, 0.5) is 0 Å². The van der Waals surface area contributed by atoms with Crippen LogP contribution in [0.25, 0.3) is 0 Å². The maximum Gasteiger partial charge on any atom is 0.0579 e. The lowest BCUT2D eigenvalue weighted by molar-refractivity contribution is 0.217. The topological polar surface area (TPSA) is 24.9 Å². The lowest BCUT2D eigenvalue weighted by Gasteiger charge is -2.34.